The van der Waals surface area contributed by atoms with E-state index in [0.717, 1.165) is 11.1 Å². The summed E-state index contributed by atoms with van der Waals surface area (Å²) in [6.07, 6.45) is 3.37. The van der Waals surface area contributed by atoms with E-state index in [4.69, 9.17) is 5.26 Å². The summed E-state index contributed by atoms with van der Waals surface area (Å²) in [6.45, 7) is 1.81. The second-order valence-corrected chi connectivity index (χ2v) is 3.36. The van der Waals surface area contributed by atoms with Gasteiger partial charge in [0.15, 0.2) is 0 Å². The summed E-state index contributed by atoms with van der Waals surface area (Å²) in [7, 11) is 0. The lowest BCUT2D eigenvalue weighted by molar-refractivity contribution is 0.474. The first-order chi connectivity index (χ1) is 7.70. The molecule has 1 aromatic heterocycles. The number of hydrogen-bond acceptors (Lipinski definition) is 4. The van der Waals surface area contributed by atoms with Gasteiger partial charge in [-0.15, -0.1) is 0 Å². The normalized spacial score (nSPS) is 9.75. The minimum absolute atomic E-state index is 0.0272. The molecule has 2 aromatic rings. The van der Waals surface area contributed by atoms with Crippen LogP contribution in [0.2, 0.25) is 0 Å². The number of aromatic hydroxyl groups is 1. The summed E-state index contributed by atoms with van der Waals surface area (Å²) < 4.78 is 0. The number of phenols is 1. The fourth-order valence-corrected chi connectivity index (χ4v) is 1.35. The van der Waals surface area contributed by atoms with Gasteiger partial charge in [-0.25, -0.2) is 9.97 Å². The zero-order valence-corrected chi connectivity index (χ0v) is 8.68. The van der Waals surface area contributed by atoms with E-state index in [0.29, 0.717) is 5.82 Å². The molecule has 16 heavy (non-hydrogen) atoms. The van der Waals surface area contributed by atoms with Gasteiger partial charge >= 0.3 is 0 Å². The molecule has 0 fully saturated rings. The summed E-state index contributed by atoms with van der Waals surface area (Å²) >= 11 is 0. The third kappa shape index (κ3) is 1.84. The Labute approximate surface area is 92.8 Å². The fourth-order valence-electron chi connectivity index (χ4n) is 1.35. The van der Waals surface area contributed by atoms with Crippen LogP contribution in [-0.4, -0.2) is 15.1 Å². The van der Waals surface area contributed by atoms with E-state index in [9.17, 15) is 5.11 Å². The molecule has 0 atom stereocenters. The van der Waals surface area contributed by atoms with E-state index in [1.807, 2.05) is 6.07 Å². The van der Waals surface area contributed by atoms with E-state index in [-0.39, 0.29) is 11.3 Å². The van der Waals surface area contributed by atoms with Crippen LogP contribution in [0.15, 0.2) is 30.6 Å². The number of nitrogens with zero attached hydrogens (tertiary/aromatic N) is 3. The maximum atomic E-state index is 9.54. The molecule has 78 valence electrons. The van der Waals surface area contributed by atoms with Crippen LogP contribution in [-0.2, 0) is 0 Å². The van der Waals surface area contributed by atoms with Crippen LogP contribution < -0.4 is 0 Å². The zero-order valence-electron chi connectivity index (χ0n) is 8.68. The number of nitriles is 1. The standard InChI is InChI=1S/C12H9N3O/c1-8-14-6-11(7-15-8)9-2-3-10(5-13)12(16)4-9/h2-4,6-7,16H,1H3. The molecule has 1 heterocycles. The minimum Gasteiger partial charge on any atom is -0.507 e. The number of rotatable bonds is 1. The van der Waals surface area contributed by atoms with Gasteiger partial charge < -0.3 is 5.11 Å². The Morgan fingerprint density at radius 1 is 1.19 bits per heavy atom. The molecule has 1 N–H and O–H groups in total. The Kier molecular flexibility index (Phi) is 2.52. The number of hydrogen-bond donors (Lipinski definition) is 1. The molecule has 0 radical (unpaired) electrons. The quantitative estimate of drug-likeness (QED) is 0.783. The van der Waals surface area contributed by atoms with Crippen molar-refractivity contribution in [3.63, 3.8) is 0 Å². The molecule has 2 rings (SSSR count). The molecule has 0 unspecified atom stereocenters. The molecule has 0 aliphatic heterocycles. The molecule has 0 amide bonds. The molecule has 4 nitrogen and oxygen atoms in total. The number of phenolic OH excluding ortho intramolecular Hbond substituents is 1. The molecule has 0 saturated carbocycles. The van der Waals surface area contributed by atoms with Crippen molar-refractivity contribution in [2.24, 2.45) is 0 Å². The fraction of sp³-hybridized carbons (Fsp3) is 0.0833. The number of benzene rings is 1. The summed E-state index contributed by atoms with van der Waals surface area (Å²) in [5.74, 6) is 0.669. The van der Waals surface area contributed by atoms with E-state index >= 15 is 0 Å². The van der Waals surface area contributed by atoms with Gasteiger partial charge in [0.1, 0.15) is 17.6 Å². The van der Waals surface area contributed by atoms with Crippen molar-refractivity contribution in [1.82, 2.24) is 9.97 Å². The molecular formula is C12H9N3O. The Hall–Kier alpha value is -2.41. The first-order valence-electron chi connectivity index (χ1n) is 4.73. The van der Waals surface area contributed by atoms with Crippen molar-refractivity contribution in [2.45, 2.75) is 6.92 Å². The van der Waals surface area contributed by atoms with E-state index in [2.05, 4.69) is 9.97 Å². The Morgan fingerprint density at radius 3 is 2.44 bits per heavy atom. The third-order valence-electron chi connectivity index (χ3n) is 2.23. The maximum absolute atomic E-state index is 9.54. The highest BCUT2D eigenvalue weighted by molar-refractivity contribution is 5.65. The summed E-state index contributed by atoms with van der Waals surface area (Å²) in [4.78, 5) is 8.14. The van der Waals surface area contributed by atoms with Gasteiger partial charge in [-0.05, 0) is 24.6 Å². The van der Waals surface area contributed by atoms with Crippen LogP contribution in [0.1, 0.15) is 11.4 Å². The highest BCUT2D eigenvalue weighted by Crippen LogP contribution is 2.24. The average Bonchev–Trinajstić information content (AvgIpc) is 2.30. The summed E-state index contributed by atoms with van der Waals surface area (Å²) in [5.41, 5.74) is 1.86. The zero-order chi connectivity index (χ0) is 11.5. The van der Waals surface area contributed by atoms with Gasteiger partial charge in [-0.3, -0.25) is 0 Å². The predicted octanol–water partition coefficient (Wildman–Crippen LogP) is 2.03. The lowest BCUT2D eigenvalue weighted by Gasteiger charge is -2.02. The van der Waals surface area contributed by atoms with E-state index in [1.165, 1.54) is 6.07 Å². The Bertz CT molecular complexity index is 555. The first kappa shape index (κ1) is 10.1. The molecule has 0 spiro atoms. The Balaban J connectivity index is 2.46. The predicted molar refractivity (Wildman–Crippen MR) is 58.6 cm³/mol. The summed E-state index contributed by atoms with van der Waals surface area (Å²) in [6, 6.07) is 6.77. The molecule has 1 aromatic carbocycles. The van der Waals surface area contributed by atoms with Crippen LogP contribution in [0.3, 0.4) is 0 Å². The Morgan fingerprint density at radius 2 is 1.88 bits per heavy atom. The molecule has 0 saturated heterocycles. The van der Waals surface area contributed by atoms with Crippen molar-refractivity contribution in [3.8, 4) is 22.9 Å². The van der Waals surface area contributed by atoms with Gasteiger partial charge in [-0.2, -0.15) is 5.26 Å². The van der Waals surface area contributed by atoms with E-state index in [1.54, 1.807) is 31.5 Å². The average molecular weight is 211 g/mol. The topological polar surface area (TPSA) is 69.8 Å². The van der Waals surface area contributed by atoms with Crippen molar-refractivity contribution in [2.75, 3.05) is 0 Å². The van der Waals surface area contributed by atoms with Gasteiger partial charge in [0.2, 0.25) is 0 Å². The number of aryl methyl sites for hydroxylation is 1. The lowest BCUT2D eigenvalue weighted by atomic mass is 10.1. The van der Waals surface area contributed by atoms with Gasteiger partial charge in [0.25, 0.3) is 0 Å². The second kappa shape index (κ2) is 3.99. The van der Waals surface area contributed by atoms with Crippen molar-refractivity contribution in [3.05, 3.63) is 42.0 Å². The maximum Gasteiger partial charge on any atom is 0.133 e. The number of aromatic nitrogens is 2. The lowest BCUT2D eigenvalue weighted by Crippen LogP contribution is -1.88. The minimum atomic E-state index is -0.0272. The van der Waals surface area contributed by atoms with Crippen molar-refractivity contribution >= 4 is 0 Å². The van der Waals surface area contributed by atoms with Gasteiger partial charge in [0.05, 0.1) is 5.56 Å². The summed E-state index contributed by atoms with van der Waals surface area (Å²) in [5, 5.41) is 18.2. The molecule has 0 aliphatic carbocycles. The molecule has 0 bridgehead atoms. The van der Waals surface area contributed by atoms with Gasteiger partial charge in [-0.1, -0.05) is 6.07 Å². The van der Waals surface area contributed by atoms with Crippen LogP contribution in [0.5, 0.6) is 5.75 Å². The monoisotopic (exact) mass is 211 g/mol. The van der Waals surface area contributed by atoms with E-state index < -0.39 is 0 Å². The van der Waals surface area contributed by atoms with Crippen molar-refractivity contribution < 1.29 is 5.11 Å². The van der Waals surface area contributed by atoms with Crippen LogP contribution in [0.25, 0.3) is 11.1 Å². The molecular weight excluding hydrogens is 202 g/mol. The molecule has 4 heteroatoms. The van der Waals surface area contributed by atoms with Crippen LogP contribution >= 0.6 is 0 Å². The third-order valence-corrected chi connectivity index (χ3v) is 2.23. The largest absolute Gasteiger partial charge is 0.507 e. The van der Waals surface area contributed by atoms with Crippen LogP contribution in [0.4, 0.5) is 0 Å². The highest BCUT2D eigenvalue weighted by atomic mass is 16.3. The molecule has 0 aliphatic rings. The smallest absolute Gasteiger partial charge is 0.133 e. The van der Waals surface area contributed by atoms with Crippen LogP contribution in [0, 0.1) is 18.3 Å². The first-order valence-corrected chi connectivity index (χ1v) is 4.73. The van der Waals surface area contributed by atoms with Crippen molar-refractivity contribution in [1.29, 1.82) is 5.26 Å². The second-order valence-electron chi connectivity index (χ2n) is 3.36. The SMILES string of the molecule is Cc1ncc(-c2ccc(C#N)c(O)c2)cn1. The highest BCUT2D eigenvalue weighted by Gasteiger charge is 2.04. The van der Waals surface area contributed by atoms with Gasteiger partial charge in [0, 0.05) is 18.0 Å².